The van der Waals surface area contributed by atoms with Crippen LogP contribution in [0.5, 0.6) is 5.75 Å². The molecule has 1 fully saturated rings. The van der Waals surface area contributed by atoms with Gasteiger partial charge in [-0.15, -0.1) is 0 Å². The highest BCUT2D eigenvalue weighted by Gasteiger charge is 2.36. The van der Waals surface area contributed by atoms with Gasteiger partial charge in [0, 0.05) is 12.6 Å². The van der Waals surface area contributed by atoms with E-state index in [0.29, 0.717) is 6.54 Å². The number of methoxy groups -OCH3 is 1. The zero-order valence-electron chi connectivity index (χ0n) is 10.2. The zero-order chi connectivity index (χ0) is 13.2. The van der Waals surface area contributed by atoms with E-state index < -0.39 is 10.0 Å². The largest absolute Gasteiger partial charge is 0.497 e. The van der Waals surface area contributed by atoms with E-state index in [9.17, 15) is 8.42 Å². The predicted octanol–water partition coefficient (Wildman–Crippen LogP) is 2.34. The van der Waals surface area contributed by atoms with Gasteiger partial charge in [-0.25, -0.2) is 8.42 Å². The Labute approximate surface area is 116 Å². The summed E-state index contributed by atoms with van der Waals surface area (Å²) in [6.45, 7) is 0.433. The first kappa shape index (κ1) is 13.8. The molecule has 1 saturated carbocycles. The minimum Gasteiger partial charge on any atom is -0.497 e. The van der Waals surface area contributed by atoms with Crippen molar-refractivity contribution in [1.29, 1.82) is 0 Å². The van der Waals surface area contributed by atoms with E-state index in [-0.39, 0.29) is 10.7 Å². The van der Waals surface area contributed by atoms with E-state index in [0.717, 1.165) is 24.2 Å². The van der Waals surface area contributed by atoms with Gasteiger partial charge >= 0.3 is 0 Å². The molecule has 100 valence electrons. The summed E-state index contributed by atoms with van der Waals surface area (Å²) >= 11 is 3.05. The van der Waals surface area contributed by atoms with Crippen molar-refractivity contribution < 1.29 is 13.2 Å². The molecule has 4 nitrogen and oxygen atoms in total. The summed E-state index contributed by atoms with van der Waals surface area (Å²) in [5.74, 6) is 0.778. The maximum absolute atomic E-state index is 12.0. The first-order valence-electron chi connectivity index (χ1n) is 5.75. The summed E-state index contributed by atoms with van der Waals surface area (Å²) in [5, 5.41) is 0. The molecule has 1 aromatic carbocycles. The molecule has 0 aromatic heterocycles. The fraction of sp³-hybridized carbons (Fsp3) is 0.500. The van der Waals surface area contributed by atoms with Crippen LogP contribution >= 0.6 is 15.9 Å². The van der Waals surface area contributed by atoms with Crippen molar-refractivity contribution in [2.75, 3.05) is 11.8 Å². The number of hydrogen-bond acceptors (Lipinski definition) is 3. The van der Waals surface area contributed by atoms with Gasteiger partial charge in [0.25, 0.3) is 0 Å². The Morgan fingerprint density at radius 3 is 2.39 bits per heavy atom. The van der Waals surface area contributed by atoms with Crippen molar-refractivity contribution in [3.05, 3.63) is 29.8 Å². The molecule has 0 heterocycles. The van der Waals surface area contributed by atoms with Gasteiger partial charge in [-0.05, 0) is 30.5 Å². The number of nitrogens with zero attached hydrogens (tertiary/aromatic N) is 1. The highest BCUT2D eigenvalue weighted by molar-refractivity contribution is 9.10. The molecule has 1 aromatic rings. The Hall–Kier alpha value is -0.590. The summed E-state index contributed by atoms with van der Waals surface area (Å²) in [4.78, 5) is 0. The highest BCUT2D eigenvalue weighted by atomic mass is 79.9. The van der Waals surface area contributed by atoms with Gasteiger partial charge in [-0.3, -0.25) is 0 Å². The van der Waals surface area contributed by atoms with Crippen LogP contribution in [0.25, 0.3) is 0 Å². The van der Waals surface area contributed by atoms with Crippen molar-refractivity contribution in [3.8, 4) is 5.75 Å². The van der Waals surface area contributed by atoms with E-state index in [1.165, 1.54) is 0 Å². The van der Waals surface area contributed by atoms with Crippen LogP contribution in [0, 0.1) is 0 Å². The molecule has 0 aliphatic heterocycles. The molecule has 6 heteroatoms. The van der Waals surface area contributed by atoms with Gasteiger partial charge in [0.1, 0.15) is 10.4 Å². The van der Waals surface area contributed by atoms with Crippen LogP contribution in [0.2, 0.25) is 0 Å². The normalized spacial score (nSPS) is 15.9. The Bertz CT molecular complexity index is 497. The third kappa shape index (κ3) is 3.24. The quantitative estimate of drug-likeness (QED) is 0.750. The third-order valence-electron chi connectivity index (χ3n) is 2.95. The fourth-order valence-corrected chi connectivity index (χ4v) is 3.72. The lowest BCUT2D eigenvalue weighted by atomic mass is 10.2. The van der Waals surface area contributed by atoms with E-state index in [1.807, 2.05) is 24.3 Å². The topological polar surface area (TPSA) is 46.6 Å². The Morgan fingerprint density at radius 2 is 1.94 bits per heavy atom. The summed E-state index contributed by atoms with van der Waals surface area (Å²) < 4.78 is 30.6. The highest BCUT2D eigenvalue weighted by Crippen LogP contribution is 2.31. The lowest BCUT2D eigenvalue weighted by molar-refractivity contribution is 0.400. The average molecular weight is 334 g/mol. The molecule has 0 saturated heterocycles. The molecule has 0 spiro atoms. The fourth-order valence-electron chi connectivity index (χ4n) is 1.79. The molecule has 0 radical (unpaired) electrons. The predicted molar refractivity (Wildman–Crippen MR) is 74.3 cm³/mol. The summed E-state index contributed by atoms with van der Waals surface area (Å²) in [6.07, 6.45) is 1.92. The molecule has 2 rings (SSSR count). The standard InChI is InChI=1S/C12H16BrNO3S/c1-17-12-6-2-10(3-7-12)8-14(11-4-5-11)18(15,16)9-13/h2-3,6-7,11H,4-5,8-9H2,1H3. The number of hydrogen-bond donors (Lipinski definition) is 0. The van der Waals surface area contributed by atoms with E-state index in [1.54, 1.807) is 11.4 Å². The second kappa shape index (κ2) is 5.59. The molecular weight excluding hydrogens is 318 g/mol. The van der Waals surface area contributed by atoms with Gasteiger partial charge in [0.2, 0.25) is 10.0 Å². The second-order valence-corrected chi connectivity index (χ2v) is 7.57. The number of rotatable bonds is 6. The number of alkyl halides is 1. The molecule has 0 atom stereocenters. The number of sulfonamides is 1. The lowest BCUT2D eigenvalue weighted by Crippen LogP contribution is -2.33. The molecule has 0 N–H and O–H groups in total. The van der Waals surface area contributed by atoms with Gasteiger partial charge in [0.15, 0.2) is 0 Å². The van der Waals surface area contributed by atoms with E-state index in [2.05, 4.69) is 15.9 Å². The monoisotopic (exact) mass is 333 g/mol. The van der Waals surface area contributed by atoms with Crippen molar-refractivity contribution in [2.24, 2.45) is 0 Å². The molecular formula is C12H16BrNO3S. The SMILES string of the molecule is COc1ccc(CN(C2CC2)S(=O)(=O)CBr)cc1. The van der Waals surface area contributed by atoms with Crippen LogP contribution in [0.1, 0.15) is 18.4 Å². The van der Waals surface area contributed by atoms with Gasteiger partial charge in [-0.1, -0.05) is 28.1 Å². The molecule has 1 aliphatic carbocycles. The molecule has 1 aliphatic rings. The molecule has 0 bridgehead atoms. The lowest BCUT2D eigenvalue weighted by Gasteiger charge is -2.20. The van der Waals surface area contributed by atoms with Crippen molar-refractivity contribution in [1.82, 2.24) is 4.31 Å². The number of benzene rings is 1. The Kier molecular flexibility index (Phi) is 4.29. The number of halogens is 1. The van der Waals surface area contributed by atoms with Gasteiger partial charge in [-0.2, -0.15) is 4.31 Å². The van der Waals surface area contributed by atoms with E-state index in [4.69, 9.17) is 4.74 Å². The Morgan fingerprint density at radius 1 is 1.33 bits per heavy atom. The van der Waals surface area contributed by atoms with Crippen LogP contribution in [-0.2, 0) is 16.6 Å². The first-order valence-corrected chi connectivity index (χ1v) is 8.48. The second-order valence-electron chi connectivity index (χ2n) is 4.35. The van der Waals surface area contributed by atoms with Crippen molar-refractivity contribution in [3.63, 3.8) is 0 Å². The van der Waals surface area contributed by atoms with Crippen molar-refractivity contribution >= 4 is 26.0 Å². The van der Waals surface area contributed by atoms with Crippen LogP contribution < -0.4 is 4.74 Å². The maximum Gasteiger partial charge on any atom is 0.224 e. The molecule has 0 amide bonds. The van der Waals surface area contributed by atoms with Crippen molar-refractivity contribution in [2.45, 2.75) is 25.4 Å². The van der Waals surface area contributed by atoms with E-state index >= 15 is 0 Å². The van der Waals surface area contributed by atoms with Crippen LogP contribution in [0.3, 0.4) is 0 Å². The average Bonchev–Trinajstić information content (AvgIpc) is 3.20. The summed E-state index contributed by atoms with van der Waals surface area (Å²) in [7, 11) is -1.58. The Balaban J connectivity index is 2.13. The molecule has 0 unspecified atom stereocenters. The minimum absolute atomic E-state index is 0.0212. The smallest absolute Gasteiger partial charge is 0.224 e. The minimum atomic E-state index is -3.19. The van der Waals surface area contributed by atoms with Crippen LogP contribution in [0.15, 0.2) is 24.3 Å². The summed E-state index contributed by atoms with van der Waals surface area (Å²) in [6, 6.07) is 7.67. The first-order chi connectivity index (χ1) is 8.56. The van der Waals surface area contributed by atoms with Gasteiger partial charge < -0.3 is 4.74 Å². The maximum atomic E-state index is 12.0. The van der Waals surface area contributed by atoms with Crippen LogP contribution in [-0.4, -0.2) is 30.5 Å². The van der Waals surface area contributed by atoms with Crippen LogP contribution in [0.4, 0.5) is 0 Å². The zero-order valence-corrected chi connectivity index (χ0v) is 12.6. The third-order valence-corrected chi connectivity index (χ3v) is 6.10. The van der Waals surface area contributed by atoms with Gasteiger partial charge in [0.05, 0.1) is 7.11 Å². The molecule has 18 heavy (non-hydrogen) atoms. The summed E-state index contributed by atoms with van der Waals surface area (Å²) in [5.41, 5.74) is 0.979. The number of ether oxygens (including phenoxy) is 1.